The monoisotopic (exact) mass is 133 g/mol. The van der Waals surface area contributed by atoms with Gasteiger partial charge >= 0.3 is 0 Å². The molecular formula is C9H11N. The predicted molar refractivity (Wildman–Crippen MR) is 41.8 cm³/mol. The Kier molecular flexibility index (Phi) is 1.08. The molecule has 1 nitrogen and oxygen atoms in total. The maximum atomic E-state index is 3.33. The molecular weight excluding hydrogens is 122 g/mol. The minimum absolute atomic E-state index is 0.293. The molecule has 0 unspecified atom stereocenters. The minimum atomic E-state index is 0.293. The summed E-state index contributed by atoms with van der Waals surface area (Å²) in [6.07, 6.45) is 0. The van der Waals surface area contributed by atoms with E-state index in [2.05, 4.69) is 42.6 Å². The average Bonchev–Trinajstić information content (AvgIpc) is 2.72. The molecule has 1 atom stereocenters. The first-order valence-corrected chi connectivity index (χ1v) is 3.62. The van der Waals surface area contributed by atoms with Crippen molar-refractivity contribution in [2.75, 3.05) is 6.54 Å². The number of hydrogen-bond donors (Lipinski definition) is 1. The Bertz CT molecular complexity index is 224. The lowest BCUT2D eigenvalue weighted by atomic mass is 10.0. The molecule has 1 heterocycles. The van der Waals surface area contributed by atoms with Crippen LogP contribution in [0.5, 0.6) is 0 Å². The second kappa shape index (κ2) is 1.83. The standard InChI is InChI=1S/C9H11N/c1-9(7-10-9)8-5-3-2-4-6-8/h2-6,10H,7H2,1H3/t9-/m1/s1. The van der Waals surface area contributed by atoms with Gasteiger partial charge in [-0.3, -0.25) is 0 Å². The molecule has 0 aromatic heterocycles. The third kappa shape index (κ3) is 0.830. The van der Waals surface area contributed by atoms with Crippen molar-refractivity contribution in [1.82, 2.24) is 5.32 Å². The molecule has 1 aromatic rings. The number of nitrogens with one attached hydrogen (secondary N) is 1. The summed E-state index contributed by atoms with van der Waals surface area (Å²) in [6, 6.07) is 10.6. The van der Waals surface area contributed by atoms with E-state index < -0.39 is 0 Å². The van der Waals surface area contributed by atoms with Gasteiger partial charge in [-0.05, 0) is 12.5 Å². The first kappa shape index (κ1) is 5.93. The predicted octanol–water partition coefficient (Wildman–Crippen LogP) is 1.50. The van der Waals surface area contributed by atoms with Crippen molar-refractivity contribution in [2.24, 2.45) is 0 Å². The first-order chi connectivity index (χ1) is 4.81. The van der Waals surface area contributed by atoms with Crippen LogP contribution in [0.4, 0.5) is 0 Å². The molecule has 10 heavy (non-hydrogen) atoms. The van der Waals surface area contributed by atoms with Crippen molar-refractivity contribution < 1.29 is 0 Å². The fourth-order valence-electron chi connectivity index (χ4n) is 1.14. The minimum Gasteiger partial charge on any atom is -0.304 e. The maximum Gasteiger partial charge on any atom is 0.0533 e. The molecule has 0 saturated carbocycles. The highest BCUT2D eigenvalue weighted by Gasteiger charge is 2.37. The maximum absolute atomic E-state index is 3.33. The van der Waals surface area contributed by atoms with E-state index in [1.165, 1.54) is 5.56 Å². The van der Waals surface area contributed by atoms with E-state index >= 15 is 0 Å². The molecule has 1 aliphatic heterocycles. The van der Waals surface area contributed by atoms with E-state index in [0.717, 1.165) is 6.54 Å². The molecule has 1 saturated heterocycles. The van der Waals surface area contributed by atoms with Crippen molar-refractivity contribution in [3.05, 3.63) is 35.9 Å². The van der Waals surface area contributed by atoms with E-state index in [0.29, 0.717) is 5.54 Å². The van der Waals surface area contributed by atoms with E-state index in [4.69, 9.17) is 0 Å². The van der Waals surface area contributed by atoms with Crippen molar-refractivity contribution >= 4 is 0 Å². The smallest absolute Gasteiger partial charge is 0.0533 e. The number of hydrogen-bond acceptors (Lipinski definition) is 1. The van der Waals surface area contributed by atoms with Crippen LogP contribution >= 0.6 is 0 Å². The van der Waals surface area contributed by atoms with E-state index in [-0.39, 0.29) is 0 Å². The van der Waals surface area contributed by atoms with Crippen LogP contribution in [0.25, 0.3) is 0 Å². The Morgan fingerprint density at radius 2 is 1.90 bits per heavy atom. The van der Waals surface area contributed by atoms with Gasteiger partial charge in [-0.15, -0.1) is 0 Å². The van der Waals surface area contributed by atoms with Crippen LogP contribution in [0.1, 0.15) is 12.5 Å². The summed E-state index contributed by atoms with van der Waals surface area (Å²) < 4.78 is 0. The van der Waals surface area contributed by atoms with Crippen molar-refractivity contribution in [2.45, 2.75) is 12.5 Å². The summed E-state index contributed by atoms with van der Waals surface area (Å²) in [6.45, 7) is 3.35. The third-order valence-corrected chi connectivity index (χ3v) is 2.12. The highest BCUT2D eigenvalue weighted by Crippen LogP contribution is 2.28. The molecule has 1 fully saturated rings. The van der Waals surface area contributed by atoms with Gasteiger partial charge in [0, 0.05) is 6.54 Å². The normalized spacial score (nSPS) is 30.1. The van der Waals surface area contributed by atoms with Crippen LogP contribution in [-0.4, -0.2) is 6.54 Å². The Labute approximate surface area is 61.1 Å². The Balaban J connectivity index is 2.35. The second-order valence-corrected chi connectivity index (χ2v) is 3.05. The zero-order valence-corrected chi connectivity index (χ0v) is 6.09. The van der Waals surface area contributed by atoms with Gasteiger partial charge in [0.1, 0.15) is 0 Å². The lowest BCUT2D eigenvalue weighted by Crippen LogP contribution is -2.05. The van der Waals surface area contributed by atoms with Crippen LogP contribution in [-0.2, 0) is 5.54 Å². The lowest BCUT2D eigenvalue weighted by molar-refractivity contribution is 0.764. The van der Waals surface area contributed by atoms with Crippen LogP contribution in [0.2, 0.25) is 0 Å². The molecule has 0 amide bonds. The van der Waals surface area contributed by atoms with Crippen LogP contribution in [0.3, 0.4) is 0 Å². The molecule has 0 aliphatic carbocycles. The van der Waals surface area contributed by atoms with Crippen LogP contribution in [0.15, 0.2) is 30.3 Å². The van der Waals surface area contributed by atoms with Gasteiger partial charge in [0.05, 0.1) is 5.54 Å². The van der Waals surface area contributed by atoms with Crippen molar-refractivity contribution in [1.29, 1.82) is 0 Å². The van der Waals surface area contributed by atoms with Gasteiger partial charge in [-0.1, -0.05) is 30.3 Å². The van der Waals surface area contributed by atoms with Gasteiger partial charge in [0.2, 0.25) is 0 Å². The second-order valence-electron chi connectivity index (χ2n) is 3.05. The molecule has 0 radical (unpaired) electrons. The number of benzene rings is 1. The van der Waals surface area contributed by atoms with Crippen molar-refractivity contribution in [3.8, 4) is 0 Å². The molecule has 1 N–H and O–H groups in total. The van der Waals surface area contributed by atoms with E-state index in [9.17, 15) is 0 Å². The molecule has 1 aromatic carbocycles. The van der Waals surface area contributed by atoms with Gasteiger partial charge < -0.3 is 5.32 Å². The molecule has 1 aliphatic rings. The fraction of sp³-hybridized carbons (Fsp3) is 0.333. The SMILES string of the molecule is C[C@]1(c2ccccc2)CN1. The molecule has 2 rings (SSSR count). The quantitative estimate of drug-likeness (QED) is 0.576. The summed E-state index contributed by atoms with van der Waals surface area (Å²) in [4.78, 5) is 0. The largest absolute Gasteiger partial charge is 0.304 e. The van der Waals surface area contributed by atoms with E-state index in [1.807, 2.05) is 0 Å². The van der Waals surface area contributed by atoms with Crippen LogP contribution < -0.4 is 5.32 Å². The number of rotatable bonds is 1. The molecule has 0 spiro atoms. The van der Waals surface area contributed by atoms with Crippen molar-refractivity contribution in [3.63, 3.8) is 0 Å². The summed E-state index contributed by atoms with van der Waals surface area (Å²) in [5.41, 5.74) is 1.69. The van der Waals surface area contributed by atoms with Gasteiger partial charge in [-0.25, -0.2) is 0 Å². The molecule has 52 valence electrons. The lowest BCUT2D eigenvalue weighted by Gasteiger charge is -2.04. The summed E-state index contributed by atoms with van der Waals surface area (Å²) >= 11 is 0. The highest BCUT2D eigenvalue weighted by molar-refractivity contribution is 5.29. The zero-order valence-electron chi connectivity index (χ0n) is 6.09. The zero-order chi connectivity index (χ0) is 7.03. The molecule has 1 heteroatoms. The summed E-state index contributed by atoms with van der Waals surface area (Å²) in [5, 5.41) is 3.33. The topological polar surface area (TPSA) is 21.9 Å². The highest BCUT2D eigenvalue weighted by atomic mass is 15.1. The summed E-state index contributed by atoms with van der Waals surface area (Å²) in [5.74, 6) is 0. The average molecular weight is 133 g/mol. The first-order valence-electron chi connectivity index (χ1n) is 3.62. The molecule has 0 bridgehead atoms. The van der Waals surface area contributed by atoms with Gasteiger partial charge in [0.25, 0.3) is 0 Å². The third-order valence-electron chi connectivity index (χ3n) is 2.12. The summed E-state index contributed by atoms with van der Waals surface area (Å²) in [7, 11) is 0. The van der Waals surface area contributed by atoms with Gasteiger partial charge in [0.15, 0.2) is 0 Å². The fourth-order valence-corrected chi connectivity index (χ4v) is 1.14. The Morgan fingerprint density at radius 3 is 2.40 bits per heavy atom. The Morgan fingerprint density at radius 1 is 1.30 bits per heavy atom. The van der Waals surface area contributed by atoms with E-state index in [1.54, 1.807) is 0 Å². The Hall–Kier alpha value is -0.820. The van der Waals surface area contributed by atoms with Crippen LogP contribution in [0, 0.1) is 0 Å². The van der Waals surface area contributed by atoms with Gasteiger partial charge in [-0.2, -0.15) is 0 Å².